The number of nitrogen functional groups attached to an aromatic ring is 1. The Hall–Kier alpha value is -1.69. The maximum atomic E-state index is 13.3. The highest BCUT2D eigenvalue weighted by Gasteiger charge is 2.09. The van der Waals surface area contributed by atoms with E-state index >= 15 is 0 Å². The number of hydrogen-bond donors (Lipinski definition) is 2. The van der Waals surface area contributed by atoms with E-state index in [-0.39, 0.29) is 5.82 Å². The molecule has 18 heavy (non-hydrogen) atoms. The number of nitrogens with two attached hydrogens (primary N) is 1. The SMILES string of the molecule is Cc1cc(F)c(Br)cc1Nc1ncnc(N)c1C. The fraction of sp³-hybridized carbons (Fsp3) is 0.167. The van der Waals surface area contributed by atoms with Crippen LogP contribution in [0.15, 0.2) is 22.9 Å². The molecule has 0 amide bonds. The fourth-order valence-electron chi connectivity index (χ4n) is 1.50. The second kappa shape index (κ2) is 4.89. The molecule has 6 heteroatoms. The lowest BCUT2D eigenvalue weighted by molar-refractivity contribution is 0.620. The molecule has 0 aliphatic heterocycles. The highest BCUT2D eigenvalue weighted by atomic mass is 79.9. The highest BCUT2D eigenvalue weighted by molar-refractivity contribution is 9.10. The molecule has 0 fully saturated rings. The zero-order valence-corrected chi connectivity index (χ0v) is 11.5. The van der Waals surface area contributed by atoms with Crippen molar-refractivity contribution in [3.63, 3.8) is 0 Å². The Morgan fingerprint density at radius 3 is 2.72 bits per heavy atom. The number of halogens is 2. The van der Waals surface area contributed by atoms with Gasteiger partial charge in [0.25, 0.3) is 0 Å². The third-order valence-electron chi connectivity index (χ3n) is 2.64. The zero-order valence-electron chi connectivity index (χ0n) is 9.96. The predicted octanol–water partition coefficient (Wildman–Crippen LogP) is 3.32. The summed E-state index contributed by atoms with van der Waals surface area (Å²) in [6.45, 7) is 3.64. The van der Waals surface area contributed by atoms with Gasteiger partial charge in [-0.2, -0.15) is 0 Å². The third-order valence-corrected chi connectivity index (χ3v) is 3.25. The minimum absolute atomic E-state index is 0.294. The topological polar surface area (TPSA) is 63.8 Å². The molecule has 1 aromatic heterocycles. The van der Waals surface area contributed by atoms with Gasteiger partial charge in [0.1, 0.15) is 23.8 Å². The molecule has 0 radical (unpaired) electrons. The van der Waals surface area contributed by atoms with Crippen molar-refractivity contribution in [2.75, 3.05) is 11.1 Å². The summed E-state index contributed by atoms with van der Waals surface area (Å²) < 4.78 is 13.7. The van der Waals surface area contributed by atoms with Gasteiger partial charge in [-0.3, -0.25) is 0 Å². The molecule has 4 nitrogen and oxygen atoms in total. The smallest absolute Gasteiger partial charge is 0.138 e. The van der Waals surface area contributed by atoms with E-state index in [4.69, 9.17) is 5.73 Å². The Morgan fingerprint density at radius 1 is 1.28 bits per heavy atom. The Balaban J connectivity index is 2.40. The summed E-state index contributed by atoms with van der Waals surface area (Å²) in [5, 5.41) is 3.12. The molecule has 0 saturated carbocycles. The summed E-state index contributed by atoms with van der Waals surface area (Å²) >= 11 is 3.15. The van der Waals surface area contributed by atoms with E-state index in [2.05, 4.69) is 31.2 Å². The van der Waals surface area contributed by atoms with Crippen LogP contribution in [0.4, 0.5) is 21.7 Å². The monoisotopic (exact) mass is 310 g/mol. The molecular weight excluding hydrogens is 299 g/mol. The van der Waals surface area contributed by atoms with Gasteiger partial charge in [0, 0.05) is 11.3 Å². The third kappa shape index (κ3) is 2.43. The molecule has 1 heterocycles. The second-order valence-electron chi connectivity index (χ2n) is 3.94. The van der Waals surface area contributed by atoms with Crippen LogP contribution >= 0.6 is 15.9 Å². The van der Waals surface area contributed by atoms with E-state index in [0.717, 1.165) is 16.8 Å². The van der Waals surface area contributed by atoms with E-state index in [9.17, 15) is 4.39 Å². The molecule has 0 saturated heterocycles. The number of nitrogens with one attached hydrogen (secondary N) is 1. The van der Waals surface area contributed by atoms with Gasteiger partial charge in [0.15, 0.2) is 0 Å². The second-order valence-corrected chi connectivity index (χ2v) is 4.79. The van der Waals surface area contributed by atoms with Crippen molar-refractivity contribution in [2.24, 2.45) is 0 Å². The summed E-state index contributed by atoms with van der Waals surface area (Å²) in [5.41, 5.74) is 8.02. The van der Waals surface area contributed by atoms with Crippen LogP contribution in [0.1, 0.15) is 11.1 Å². The molecule has 0 aliphatic rings. The standard InChI is InChI=1S/C12H12BrFN4/c1-6-3-9(14)8(13)4-10(6)18-12-7(2)11(15)16-5-17-12/h3-5H,1-2H3,(H3,15,16,17,18). The summed E-state index contributed by atoms with van der Waals surface area (Å²) in [4.78, 5) is 8.01. The van der Waals surface area contributed by atoms with Crippen molar-refractivity contribution in [3.05, 3.63) is 39.9 Å². The van der Waals surface area contributed by atoms with E-state index < -0.39 is 0 Å². The Labute approximate surface area is 113 Å². The molecule has 0 aliphatic carbocycles. The van der Waals surface area contributed by atoms with E-state index in [1.165, 1.54) is 12.4 Å². The lowest BCUT2D eigenvalue weighted by Crippen LogP contribution is -2.03. The van der Waals surface area contributed by atoms with Crippen LogP contribution in [0.5, 0.6) is 0 Å². The Morgan fingerprint density at radius 2 is 2.00 bits per heavy atom. The van der Waals surface area contributed by atoms with Crippen LogP contribution in [0.25, 0.3) is 0 Å². The molecule has 0 spiro atoms. The van der Waals surface area contributed by atoms with Gasteiger partial charge in [-0.15, -0.1) is 0 Å². The first-order valence-corrected chi connectivity index (χ1v) is 6.08. The number of nitrogens with zero attached hydrogens (tertiary/aromatic N) is 2. The molecule has 0 bridgehead atoms. The van der Waals surface area contributed by atoms with E-state index in [0.29, 0.717) is 16.1 Å². The Kier molecular flexibility index (Phi) is 3.47. The summed E-state index contributed by atoms with van der Waals surface area (Å²) in [5.74, 6) is 0.743. The average molecular weight is 311 g/mol. The normalized spacial score (nSPS) is 10.4. The predicted molar refractivity (Wildman–Crippen MR) is 73.3 cm³/mol. The minimum Gasteiger partial charge on any atom is -0.383 e. The van der Waals surface area contributed by atoms with Crippen LogP contribution < -0.4 is 11.1 Å². The summed E-state index contributed by atoms with van der Waals surface area (Å²) in [6, 6.07) is 3.12. The maximum Gasteiger partial charge on any atom is 0.138 e. The molecule has 1 aromatic carbocycles. The number of aryl methyl sites for hydroxylation is 1. The van der Waals surface area contributed by atoms with E-state index in [1.54, 1.807) is 6.07 Å². The van der Waals surface area contributed by atoms with Gasteiger partial charge < -0.3 is 11.1 Å². The van der Waals surface area contributed by atoms with Crippen molar-refractivity contribution in [3.8, 4) is 0 Å². The van der Waals surface area contributed by atoms with Crippen LogP contribution in [0, 0.1) is 19.7 Å². The summed E-state index contributed by atoms with van der Waals surface area (Å²) in [7, 11) is 0. The van der Waals surface area contributed by atoms with Crippen molar-refractivity contribution in [2.45, 2.75) is 13.8 Å². The van der Waals surface area contributed by atoms with Gasteiger partial charge in [0.2, 0.25) is 0 Å². The molecular formula is C12H12BrFN4. The summed E-state index contributed by atoms with van der Waals surface area (Å²) in [6.07, 6.45) is 1.39. The van der Waals surface area contributed by atoms with Crippen molar-refractivity contribution < 1.29 is 4.39 Å². The van der Waals surface area contributed by atoms with Crippen molar-refractivity contribution in [1.82, 2.24) is 9.97 Å². The molecule has 0 unspecified atom stereocenters. The molecule has 2 aromatic rings. The fourth-order valence-corrected chi connectivity index (χ4v) is 1.84. The number of aromatic nitrogens is 2. The lowest BCUT2D eigenvalue weighted by Gasteiger charge is -2.12. The maximum absolute atomic E-state index is 13.3. The van der Waals surface area contributed by atoms with E-state index in [1.807, 2.05) is 13.8 Å². The number of benzene rings is 1. The highest BCUT2D eigenvalue weighted by Crippen LogP contribution is 2.28. The minimum atomic E-state index is -0.294. The number of hydrogen-bond acceptors (Lipinski definition) is 4. The van der Waals surface area contributed by atoms with Crippen LogP contribution in [-0.4, -0.2) is 9.97 Å². The van der Waals surface area contributed by atoms with Crippen molar-refractivity contribution >= 4 is 33.3 Å². The van der Waals surface area contributed by atoms with Gasteiger partial charge in [0.05, 0.1) is 4.47 Å². The van der Waals surface area contributed by atoms with Gasteiger partial charge >= 0.3 is 0 Å². The van der Waals surface area contributed by atoms with Gasteiger partial charge in [-0.25, -0.2) is 14.4 Å². The molecule has 2 rings (SSSR count). The van der Waals surface area contributed by atoms with Crippen LogP contribution in [0.2, 0.25) is 0 Å². The first-order valence-electron chi connectivity index (χ1n) is 5.28. The van der Waals surface area contributed by atoms with Gasteiger partial charge in [-0.05, 0) is 47.5 Å². The average Bonchev–Trinajstić information content (AvgIpc) is 2.32. The molecule has 0 atom stereocenters. The first-order chi connectivity index (χ1) is 8.49. The lowest BCUT2D eigenvalue weighted by atomic mass is 10.2. The number of rotatable bonds is 2. The molecule has 3 N–H and O–H groups in total. The van der Waals surface area contributed by atoms with Crippen LogP contribution in [-0.2, 0) is 0 Å². The Bertz CT molecular complexity index is 601. The van der Waals surface area contributed by atoms with Crippen LogP contribution in [0.3, 0.4) is 0 Å². The zero-order chi connectivity index (χ0) is 13.3. The quantitative estimate of drug-likeness (QED) is 0.893. The number of anilines is 3. The van der Waals surface area contributed by atoms with Gasteiger partial charge in [-0.1, -0.05) is 0 Å². The largest absolute Gasteiger partial charge is 0.383 e. The first kappa shape index (κ1) is 12.8. The molecule has 94 valence electrons. The van der Waals surface area contributed by atoms with Crippen molar-refractivity contribution in [1.29, 1.82) is 0 Å².